The Morgan fingerprint density at radius 3 is 2.33 bits per heavy atom. The van der Waals surface area contributed by atoms with Crippen molar-refractivity contribution in [1.82, 2.24) is 20.8 Å². The summed E-state index contributed by atoms with van der Waals surface area (Å²) in [6.07, 6.45) is 0.912. The molecule has 0 spiro atoms. The fourth-order valence-electron chi connectivity index (χ4n) is 1.98. The summed E-state index contributed by atoms with van der Waals surface area (Å²) in [5.41, 5.74) is 0.925. The van der Waals surface area contributed by atoms with Crippen LogP contribution in [0, 0.1) is 0 Å². The van der Waals surface area contributed by atoms with Crippen molar-refractivity contribution in [2.24, 2.45) is 0 Å². The molecule has 1 heterocycles. The summed E-state index contributed by atoms with van der Waals surface area (Å²) in [7, 11) is 1.61. The topological polar surface area (TPSA) is 93.2 Å². The van der Waals surface area contributed by atoms with E-state index in [4.69, 9.17) is 4.74 Å². The van der Waals surface area contributed by atoms with E-state index in [1.807, 2.05) is 31.2 Å². The SMILES string of the molecule is CCCNC(=O)CSc1nnc(SCC(=O)NCc2ccccc2OC)s1. The zero-order valence-corrected chi connectivity index (χ0v) is 17.6. The number of hydrogen-bond acceptors (Lipinski definition) is 8. The second-order valence-electron chi connectivity index (χ2n) is 5.35. The van der Waals surface area contributed by atoms with E-state index in [0.29, 0.717) is 23.2 Å². The minimum absolute atomic E-state index is 0.0121. The van der Waals surface area contributed by atoms with Crippen molar-refractivity contribution < 1.29 is 14.3 Å². The number of nitrogens with one attached hydrogen (secondary N) is 2. The molecule has 0 saturated heterocycles. The number of rotatable bonds is 11. The lowest BCUT2D eigenvalue weighted by atomic mass is 10.2. The first-order valence-corrected chi connectivity index (χ1v) is 11.2. The maximum Gasteiger partial charge on any atom is 0.230 e. The van der Waals surface area contributed by atoms with Crippen LogP contribution in [-0.4, -0.2) is 47.2 Å². The van der Waals surface area contributed by atoms with Crippen LogP contribution in [0.3, 0.4) is 0 Å². The van der Waals surface area contributed by atoms with Gasteiger partial charge in [0.2, 0.25) is 11.8 Å². The Balaban J connectivity index is 1.71. The van der Waals surface area contributed by atoms with Crippen LogP contribution in [0.15, 0.2) is 32.9 Å². The number of hydrogen-bond donors (Lipinski definition) is 2. The lowest BCUT2D eigenvalue weighted by Crippen LogP contribution is -2.25. The van der Waals surface area contributed by atoms with Crippen molar-refractivity contribution in [3.8, 4) is 5.75 Å². The molecule has 0 fully saturated rings. The van der Waals surface area contributed by atoms with E-state index in [9.17, 15) is 9.59 Å². The van der Waals surface area contributed by atoms with Crippen molar-refractivity contribution in [2.75, 3.05) is 25.2 Å². The molecule has 0 aliphatic carbocycles. The number of ether oxygens (including phenoxy) is 1. The van der Waals surface area contributed by atoms with Crippen molar-refractivity contribution in [1.29, 1.82) is 0 Å². The lowest BCUT2D eigenvalue weighted by molar-refractivity contribution is -0.119. The van der Waals surface area contributed by atoms with Crippen molar-refractivity contribution in [2.45, 2.75) is 28.6 Å². The fourth-order valence-corrected chi connectivity index (χ4v) is 4.66. The van der Waals surface area contributed by atoms with Gasteiger partial charge < -0.3 is 15.4 Å². The normalized spacial score (nSPS) is 10.4. The molecule has 7 nitrogen and oxygen atoms in total. The molecule has 1 aromatic heterocycles. The van der Waals surface area contributed by atoms with E-state index in [0.717, 1.165) is 22.1 Å². The maximum atomic E-state index is 12.0. The molecular formula is C17H22N4O3S3. The van der Waals surface area contributed by atoms with Gasteiger partial charge >= 0.3 is 0 Å². The van der Waals surface area contributed by atoms with E-state index in [1.165, 1.54) is 34.9 Å². The first kappa shape index (κ1) is 21.5. The Labute approximate surface area is 171 Å². The number of benzene rings is 1. The minimum atomic E-state index is -0.0887. The summed E-state index contributed by atoms with van der Waals surface area (Å²) in [4.78, 5) is 23.6. The summed E-state index contributed by atoms with van der Waals surface area (Å²) in [6, 6.07) is 7.57. The van der Waals surface area contributed by atoms with Crippen LogP contribution in [0.4, 0.5) is 0 Å². The van der Waals surface area contributed by atoms with Gasteiger partial charge in [-0.15, -0.1) is 10.2 Å². The summed E-state index contributed by atoms with van der Waals surface area (Å²) < 4.78 is 6.70. The first-order valence-electron chi connectivity index (χ1n) is 8.36. The Morgan fingerprint density at radius 1 is 1.07 bits per heavy atom. The summed E-state index contributed by atoms with van der Waals surface area (Å²) in [5.74, 6) is 1.22. The van der Waals surface area contributed by atoms with Crippen molar-refractivity contribution >= 4 is 46.7 Å². The number of methoxy groups -OCH3 is 1. The number of carbonyl (C=O) groups is 2. The van der Waals surface area contributed by atoms with E-state index in [-0.39, 0.29) is 17.6 Å². The van der Waals surface area contributed by atoms with E-state index >= 15 is 0 Å². The quantitative estimate of drug-likeness (QED) is 0.534. The van der Waals surface area contributed by atoms with Crippen molar-refractivity contribution in [3.63, 3.8) is 0 Å². The molecule has 10 heteroatoms. The highest BCUT2D eigenvalue weighted by Crippen LogP contribution is 2.28. The van der Waals surface area contributed by atoms with E-state index in [2.05, 4.69) is 20.8 Å². The van der Waals surface area contributed by atoms with E-state index < -0.39 is 0 Å². The molecule has 2 aromatic rings. The number of nitrogens with zero attached hydrogens (tertiary/aromatic N) is 2. The van der Waals surface area contributed by atoms with Gasteiger partial charge in [0, 0.05) is 18.7 Å². The highest BCUT2D eigenvalue weighted by Gasteiger charge is 2.11. The average Bonchev–Trinajstić information content (AvgIpc) is 3.15. The molecule has 0 saturated carbocycles. The molecule has 0 bridgehead atoms. The van der Waals surface area contributed by atoms with Crippen LogP contribution in [0.2, 0.25) is 0 Å². The summed E-state index contributed by atoms with van der Waals surface area (Å²) in [6.45, 7) is 3.10. The molecule has 27 heavy (non-hydrogen) atoms. The van der Waals surface area contributed by atoms with E-state index in [1.54, 1.807) is 7.11 Å². The molecule has 2 N–H and O–H groups in total. The van der Waals surface area contributed by atoms with Gasteiger partial charge in [-0.2, -0.15) is 0 Å². The number of carbonyl (C=O) groups excluding carboxylic acids is 2. The van der Waals surface area contributed by atoms with Gasteiger partial charge in [0.05, 0.1) is 18.6 Å². The number of aromatic nitrogens is 2. The van der Waals surface area contributed by atoms with Gasteiger partial charge in [0.25, 0.3) is 0 Å². The molecule has 146 valence electrons. The number of para-hydroxylation sites is 1. The van der Waals surface area contributed by atoms with Crippen LogP contribution in [0.1, 0.15) is 18.9 Å². The maximum absolute atomic E-state index is 12.0. The molecule has 0 aliphatic heterocycles. The number of amides is 2. The summed E-state index contributed by atoms with van der Waals surface area (Å²) in [5, 5.41) is 13.8. The molecule has 0 atom stereocenters. The third-order valence-corrected chi connectivity index (χ3v) is 6.47. The molecule has 0 radical (unpaired) electrons. The van der Waals surface area contributed by atoms with Crippen LogP contribution in [0.5, 0.6) is 5.75 Å². The Morgan fingerprint density at radius 2 is 1.70 bits per heavy atom. The second-order valence-corrected chi connectivity index (χ2v) is 8.77. The smallest absolute Gasteiger partial charge is 0.230 e. The average molecular weight is 427 g/mol. The predicted octanol–water partition coefficient (Wildman–Crippen LogP) is 2.57. The largest absolute Gasteiger partial charge is 0.496 e. The standard InChI is InChI=1S/C17H22N4O3S3/c1-3-8-18-14(22)10-25-16-20-21-17(27-16)26-11-15(23)19-9-12-6-4-5-7-13(12)24-2/h4-7H,3,8-11H2,1-2H3,(H,18,22)(H,19,23). The van der Waals surface area contributed by atoms with Crippen LogP contribution < -0.4 is 15.4 Å². The fraction of sp³-hybridized carbons (Fsp3) is 0.412. The van der Waals surface area contributed by atoms with Gasteiger partial charge in [-0.25, -0.2) is 0 Å². The molecule has 2 amide bonds. The highest BCUT2D eigenvalue weighted by molar-refractivity contribution is 8.03. The Hall–Kier alpha value is -1.78. The third kappa shape index (κ3) is 7.77. The Bertz CT molecular complexity index is 755. The minimum Gasteiger partial charge on any atom is -0.496 e. The first-order chi connectivity index (χ1) is 13.1. The monoisotopic (exact) mass is 426 g/mol. The molecule has 2 rings (SSSR count). The molecule has 1 aromatic carbocycles. The van der Waals surface area contributed by atoms with Gasteiger partial charge in [0.1, 0.15) is 5.75 Å². The molecular weight excluding hydrogens is 404 g/mol. The van der Waals surface area contributed by atoms with Gasteiger partial charge in [-0.05, 0) is 12.5 Å². The number of thioether (sulfide) groups is 2. The molecule has 0 unspecified atom stereocenters. The second kappa shape index (κ2) is 11.8. The van der Waals surface area contributed by atoms with Gasteiger partial charge in [-0.3, -0.25) is 9.59 Å². The van der Waals surface area contributed by atoms with Crippen LogP contribution in [0.25, 0.3) is 0 Å². The predicted molar refractivity (Wildman–Crippen MR) is 109 cm³/mol. The van der Waals surface area contributed by atoms with Gasteiger partial charge in [-0.1, -0.05) is 60.0 Å². The zero-order chi connectivity index (χ0) is 19.5. The zero-order valence-electron chi connectivity index (χ0n) is 15.2. The Kier molecular flexibility index (Phi) is 9.43. The molecule has 0 aliphatic rings. The van der Waals surface area contributed by atoms with Crippen molar-refractivity contribution in [3.05, 3.63) is 29.8 Å². The van der Waals surface area contributed by atoms with Gasteiger partial charge in [0.15, 0.2) is 8.68 Å². The third-order valence-electron chi connectivity index (χ3n) is 3.28. The summed E-state index contributed by atoms with van der Waals surface area (Å²) >= 11 is 4.07. The van der Waals surface area contributed by atoms with Crippen LogP contribution >= 0.6 is 34.9 Å². The lowest BCUT2D eigenvalue weighted by Gasteiger charge is -2.09. The van der Waals surface area contributed by atoms with Crippen LogP contribution in [-0.2, 0) is 16.1 Å². The highest BCUT2D eigenvalue weighted by atomic mass is 32.2.